The standard InChI is InChI=1S/C9H15N3/c1-4-5-8(2)12-9(10)6-7-11-3/h4-7,11H,1H2,2-3H3,(H2,10,12)/b7-6-,8-5+. The molecule has 0 fully saturated rings. The monoisotopic (exact) mass is 165 g/mol. The number of nitrogens with one attached hydrogen (secondary N) is 1. The zero-order valence-electron chi connectivity index (χ0n) is 7.54. The molecule has 0 aromatic rings. The van der Waals surface area contributed by atoms with Crippen molar-refractivity contribution in [1.29, 1.82) is 0 Å². The Morgan fingerprint density at radius 2 is 2.25 bits per heavy atom. The van der Waals surface area contributed by atoms with E-state index >= 15 is 0 Å². The van der Waals surface area contributed by atoms with Gasteiger partial charge in [0.2, 0.25) is 0 Å². The summed E-state index contributed by atoms with van der Waals surface area (Å²) in [6.07, 6.45) is 6.88. The number of aliphatic imine (C=N–C) groups is 1. The molecule has 0 amide bonds. The molecule has 0 aliphatic rings. The minimum atomic E-state index is 0.472. The summed E-state index contributed by atoms with van der Waals surface area (Å²) >= 11 is 0. The fraction of sp³-hybridized carbons (Fsp3) is 0.222. The first-order valence-electron chi connectivity index (χ1n) is 3.68. The van der Waals surface area contributed by atoms with Gasteiger partial charge in [-0.1, -0.05) is 12.7 Å². The third kappa shape index (κ3) is 5.29. The molecule has 3 N–H and O–H groups in total. The van der Waals surface area contributed by atoms with Crippen LogP contribution in [0.4, 0.5) is 0 Å². The van der Waals surface area contributed by atoms with Crippen LogP contribution in [0.2, 0.25) is 0 Å². The van der Waals surface area contributed by atoms with Gasteiger partial charge >= 0.3 is 0 Å². The summed E-state index contributed by atoms with van der Waals surface area (Å²) in [5.41, 5.74) is 6.38. The van der Waals surface area contributed by atoms with E-state index in [-0.39, 0.29) is 0 Å². The minimum Gasteiger partial charge on any atom is -0.394 e. The number of hydrogen-bond acceptors (Lipinski definition) is 2. The first kappa shape index (κ1) is 10.5. The molecule has 0 heterocycles. The molecule has 0 aromatic heterocycles. The lowest BCUT2D eigenvalue weighted by atomic mass is 10.4. The van der Waals surface area contributed by atoms with Crippen LogP contribution in [-0.2, 0) is 0 Å². The topological polar surface area (TPSA) is 50.4 Å². The van der Waals surface area contributed by atoms with Gasteiger partial charge in [0.1, 0.15) is 5.84 Å². The average molecular weight is 165 g/mol. The molecule has 0 aliphatic heterocycles. The van der Waals surface area contributed by atoms with E-state index < -0.39 is 0 Å². The summed E-state index contributed by atoms with van der Waals surface area (Å²) in [4.78, 5) is 4.06. The number of allylic oxidation sites excluding steroid dienone is 3. The second-order valence-corrected chi connectivity index (χ2v) is 2.20. The molecule has 0 atom stereocenters. The van der Waals surface area contributed by atoms with E-state index in [4.69, 9.17) is 5.73 Å². The molecule has 0 aromatic carbocycles. The van der Waals surface area contributed by atoms with Gasteiger partial charge in [0, 0.05) is 12.7 Å². The number of nitrogens with two attached hydrogens (primary N) is 1. The normalized spacial score (nSPS) is 13.5. The first-order chi connectivity index (χ1) is 5.70. The van der Waals surface area contributed by atoms with Crippen molar-refractivity contribution >= 4 is 5.84 Å². The number of amidine groups is 1. The Labute approximate surface area is 73.4 Å². The van der Waals surface area contributed by atoms with E-state index in [1.807, 2.05) is 6.92 Å². The fourth-order valence-electron chi connectivity index (χ4n) is 0.617. The van der Waals surface area contributed by atoms with Gasteiger partial charge in [-0.05, 0) is 25.3 Å². The van der Waals surface area contributed by atoms with Gasteiger partial charge in [0.05, 0.1) is 0 Å². The van der Waals surface area contributed by atoms with Gasteiger partial charge in [-0.25, -0.2) is 4.99 Å². The second-order valence-electron chi connectivity index (χ2n) is 2.20. The van der Waals surface area contributed by atoms with Gasteiger partial charge < -0.3 is 11.1 Å². The van der Waals surface area contributed by atoms with Crippen LogP contribution in [0.25, 0.3) is 0 Å². The number of nitrogens with zero attached hydrogens (tertiary/aromatic N) is 1. The lowest BCUT2D eigenvalue weighted by Crippen LogP contribution is -2.09. The van der Waals surface area contributed by atoms with Crippen LogP contribution in [0.15, 0.2) is 41.7 Å². The van der Waals surface area contributed by atoms with Crippen LogP contribution in [-0.4, -0.2) is 12.9 Å². The van der Waals surface area contributed by atoms with Crippen LogP contribution in [0, 0.1) is 0 Å². The molecule has 0 aliphatic carbocycles. The Bertz CT molecular complexity index is 224. The van der Waals surface area contributed by atoms with E-state index in [1.54, 1.807) is 31.5 Å². The Balaban J connectivity index is 4.24. The van der Waals surface area contributed by atoms with E-state index in [2.05, 4.69) is 16.9 Å². The summed E-state index contributed by atoms with van der Waals surface area (Å²) < 4.78 is 0. The Morgan fingerprint density at radius 1 is 1.58 bits per heavy atom. The molecule has 3 heteroatoms. The van der Waals surface area contributed by atoms with Crippen molar-refractivity contribution in [2.75, 3.05) is 7.05 Å². The molecule has 0 saturated carbocycles. The molecule has 12 heavy (non-hydrogen) atoms. The summed E-state index contributed by atoms with van der Waals surface area (Å²) in [7, 11) is 1.80. The third-order valence-corrected chi connectivity index (χ3v) is 1.09. The van der Waals surface area contributed by atoms with E-state index in [9.17, 15) is 0 Å². The SMILES string of the molecule is C=C/C=C(C)/N=C(N)/C=C\NC. The maximum Gasteiger partial charge on any atom is 0.125 e. The minimum absolute atomic E-state index is 0.472. The van der Waals surface area contributed by atoms with Crippen molar-refractivity contribution in [2.24, 2.45) is 10.7 Å². The molecule has 66 valence electrons. The zero-order chi connectivity index (χ0) is 9.40. The highest BCUT2D eigenvalue weighted by atomic mass is 14.9. The first-order valence-corrected chi connectivity index (χ1v) is 3.68. The highest BCUT2D eigenvalue weighted by molar-refractivity contribution is 5.91. The molecular weight excluding hydrogens is 150 g/mol. The summed E-state index contributed by atoms with van der Waals surface area (Å²) in [6, 6.07) is 0. The second kappa shape index (κ2) is 6.22. The van der Waals surface area contributed by atoms with Crippen molar-refractivity contribution in [3.63, 3.8) is 0 Å². The molecule has 0 saturated heterocycles. The quantitative estimate of drug-likeness (QED) is 0.373. The molecule has 0 radical (unpaired) electrons. The zero-order valence-corrected chi connectivity index (χ0v) is 7.54. The highest BCUT2D eigenvalue weighted by Crippen LogP contribution is 1.93. The third-order valence-electron chi connectivity index (χ3n) is 1.09. The van der Waals surface area contributed by atoms with Crippen molar-refractivity contribution < 1.29 is 0 Å². The summed E-state index contributed by atoms with van der Waals surface area (Å²) in [5, 5.41) is 2.82. The van der Waals surface area contributed by atoms with Crippen LogP contribution in [0.3, 0.4) is 0 Å². The van der Waals surface area contributed by atoms with Crippen LogP contribution in [0.5, 0.6) is 0 Å². The van der Waals surface area contributed by atoms with Crippen LogP contribution < -0.4 is 11.1 Å². The largest absolute Gasteiger partial charge is 0.394 e. The lowest BCUT2D eigenvalue weighted by Gasteiger charge is -1.93. The van der Waals surface area contributed by atoms with E-state index in [0.29, 0.717) is 5.84 Å². The Kier molecular flexibility index (Phi) is 5.43. The summed E-state index contributed by atoms with van der Waals surface area (Å²) in [5.74, 6) is 0.472. The van der Waals surface area contributed by atoms with Gasteiger partial charge in [-0.2, -0.15) is 0 Å². The highest BCUT2D eigenvalue weighted by Gasteiger charge is 1.84. The van der Waals surface area contributed by atoms with Gasteiger partial charge in [0.25, 0.3) is 0 Å². The molecule has 3 nitrogen and oxygen atoms in total. The maximum atomic E-state index is 5.54. The van der Waals surface area contributed by atoms with Crippen molar-refractivity contribution in [2.45, 2.75) is 6.92 Å². The molecule has 0 rings (SSSR count). The van der Waals surface area contributed by atoms with Gasteiger partial charge in [-0.3, -0.25) is 0 Å². The van der Waals surface area contributed by atoms with Crippen molar-refractivity contribution in [1.82, 2.24) is 5.32 Å². The smallest absolute Gasteiger partial charge is 0.125 e. The summed E-state index contributed by atoms with van der Waals surface area (Å²) in [6.45, 7) is 5.42. The van der Waals surface area contributed by atoms with Crippen molar-refractivity contribution in [3.8, 4) is 0 Å². The maximum absolute atomic E-state index is 5.54. The predicted molar refractivity (Wildman–Crippen MR) is 53.8 cm³/mol. The molecule has 0 bridgehead atoms. The van der Waals surface area contributed by atoms with Gasteiger partial charge in [0.15, 0.2) is 0 Å². The lowest BCUT2D eigenvalue weighted by molar-refractivity contribution is 1.10. The van der Waals surface area contributed by atoms with E-state index in [0.717, 1.165) is 5.70 Å². The van der Waals surface area contributed by atoms with Crippen LogP contribution in [0.1, 0.15) is 6.92 Å². The predicted octanol–water partition coefficient (Wildman–Crippen LogP) is 1.17. The molecule has 0 spiro atoms. The Hall–Kier alpha value is -1.51. The number of rotatable bonds is 4. The fourth-order valence-corrected chi connectivity index (χ4v) is 0.617. The van der Waals surface area contributed by atoms with Crippen LogP contribution >= 0.6 is 0 Å². The molecule has 0 unspecified atom stereocenters. The number of hydrogen-bond donors (Lipinski definition) is 2. The van der Waals surface area contributed by atoms with Gasteiger partial charge in [-0.15, -0.1) is 0 Å². The Morgan fingerprint density at radius 3 is 2.75 bits per heavy atom. The van der Waals surface area contributed by atoms with Crippen molar-refractivity contribution in [3.05, 3.63) is 36.7 Å². The van der Waals surface area contributed by atoms with E-state index in [1.165, 1.54) is 0 Å². The average Bonchev–Trinajstić information content (AvgIpc) is 2.01. The molecular formula is C9H15N3.